The summed E-state index contributed by atoms with van der Waals surface area (Å²) >= 11 is 0. The van der Waals surface area contributed by atoms with Crippen LogP contribution in [-0.2, 0) is 12.8 Å². The van der Waals surface area contributed by atoms with Crippen molar-refractivity contribution in [3.05, 3.63) is 59.2 Å². The van der Waals surface area contributed by atoms with Gasteiger partial charge in [0, 0.05) is 29.9 Å². The van der Waals surface area contributed by atoms with Crippen molar-refractivity contribution in [3.8, 4) is 0 Å². The minimum atomic E-state index is -0.114. The van der Waals surface area contributed by atoms with Gasteiger partial charge in [0.05, 0.1) is 0 Å². The molecule has 0 spiro atoms. The Bertz CT molecular complexity index is 798. The normalized spacial score (nSPS) is 16.0. The SMILES string of the molecule is O=C1CCCc2cc(NC(=O)N3CCc4ccccc43)ccc21. The Balaban J connectivity index is 1.55. The first-order valence-corrected chi connectivity index (χ1v) is 8.05. The van der Waals surface area contributed by atoms with Gasteiger partial charge in [-0.2, -0.15) is 0 Å². The number of hydrogen-bond acceptors (Lipinski definition) is 2. The Labute approximate surface area is 135 Å². The summed E-state index contributed by atoms with van der Waals surface area (Å²) in [6.45, 7) is 0.703. The maximum Gasteiger partial charge on any atom is 0.326 e. The molecule has 1 heterocycles. The molecule has 4 nitrogen and oxygen atoms in total. The van der Waals surface area contributed by atoms with Gasteiger partial charge >= 0.3 is 6.03 Å². The molecule has 1 aliphatic heterocycles. The second-order valence-corrected chi connectivity index (χ2v) is 6.11. The van der Waals surface area contributed by atoms with Crippen molar-refractivity contribution in [1.29, 1.82) is 0 Å². The third-order valence-corrected chi connectivity index (χ3v) is 4.64. The number of nitrogens with one attached hydrogen (secondary N) is 1. The van der Waals surface area contributed by atoms with Crippen molar-refractivity contribution in [2.45, 2.75) is 25.7 Å². The van der Waals surface area contributed by atoms with E-state index in [4.69, 9.17) is 0 Å². The number of carbonyl (C=O) groups is 2. The molecule has 0 radical (unpaired) electrons. The molecule has 1 N–H and O–H groups in total. The summed E-state index contributed by atoms with van der Waals surface area (Å²) in [5.74, 6) is 0.206. The Kier molecular flexibility index (Phi) is 3.37. The van der Waals surface area contributed by atoms with E-state index >= 15 is 0 Å². The van der Waals surface area contributed by atoms with Crippen LogP contribution in [0.25, 0.3) is 0 Å². The van der Waals surface area contributed by atoms with Crippen molar-refractivity contribution in [2.24, 2.45) is 0 Å². The highest BCUT2D eigenvalue weighted by molar-refractivity contribution is 6.04. The lowest BCUT2D eigenvalue weighted by Gasteiger charge is -2.20. The fourth-order valence-electron chi connectivity index (χ4n) is 3.46. The molecule has 2 aromatic rings. The molecular formula is C19H18N2O2. The van der Waals surface area contributed by atoms with E-state index in [2.05, 4.69) is 11.4 Å². The lowest BCUT2D eigenvalue weighted by atomic mass is 9.90. The number of aryl methyl sites for hydroxylation is 1. The highest BCUT2D eigenvalue weighted by Crippen LogP contribution is 2.29. The number of fused-ring (bicyclic) bond motifs is 2. The van der Waals surface area contributed by atoms with Crippen LogP contribution in [0.2, 0.25) is 0 Å². The van der Waals surface area contributed by atoms with Gasteiger partial charge in [0.15, 0.2) is 5.78 Å². The highest BCUT2D eigenvalue weighted by Gasteiger charge is 2.24. The van der Waals surface area contributed by atoms with Crippen LogP contribution in [0.1, 0.15) is 34.3 Å². The van der Waals surface area contributed by atoms with E-state index in [-0.39, 0.29) is 11.8 Å². The van der Waals surface area contributed by atoms with Gasteiger partial charge < -0.3 is 5.32 Å². The predicted molar refractivity (Wildman–Crippen MR) is 90.2 cm³/mol. The number of anilines is 2. The van der Waals surface area contributed by atoms with Gasteiger partial charge in [0.2, 0.25) is 0 Å². The van der Waals surface area contributed by atoms with Crippen LogP contribution in [0, 0.1) is 0 Å². The van der Waals surface area contributed by atoms with Gasteiger partial charge in [-0.05, 0) is 54.7 Å². The molecule has 1 aliphatic carbocycles. The predicted octanol–water partition coefficient (Wildman–Crippen LogP) is 3.80. The summed E-state index contributed by atoms with van der Waals surface area (Å²) in [5.41, 5.74) is 4.80. The van der Waals surface area contributed by atoms with Crippen molar-refractivity contribution >= 4 is 23.2 Å². The number of Topliss-reactive ketones (excluding diaryl/α,β-unsaturated/α-hetero) is 1. The molecule has 2 aromatic carbocycles. The molecule has 0 unspecified atom stereocenters. The number of hydrogen-bond donors (Lipinski definition) is 1. The Morgan fingerprint density at radius 2 is 1.87 bits per heavy atom. The maximum atomic E-state index is 12.6. The van der Waals surface area contributed by atoms with Gasteiger partial charge in [-0.1, -0.05) is 18.2 Å². The number of benzene rings is 2. The van der Waals surface area contributed by atoms with Crippen LogP contribution in [0.5, 0.6) is 0 Å². The Morgan fingerprint density at radius 1 is 1.00 bits per heavy atom. The molecule has 23 heavy (non-hydrogen) atoms. The smallest absolute Gasteiger partial charge is 0.308 e. The van der Waals surface area contributed by atoms with Gasteiger partial charge in [-0.25, -0.2) is 4.79 Å². The van der Waals surface area contributed by atoms with Crippen LogP contribution in [0.15, 0.2) is 42.5 Å². The lowest BCUT2D eigenvalue weighted by Crippen LogP contribution is -2.33. The average molecular weight is 306 g/mol. The van der Waals surface area contributed by atoms with Crippen LogP contribution in [0.3, 0.4) is 0 Å². The van der Waals surface area contributed by atoms with Crippen LogP contribution in [0.4, 0.5) is 16.2 Å². The Hall–Kier alpha value is -2.62. The quantitative estimate of drug-likeness (QED) is 0.871. The number of rotatable bonds is 1. The third kappa shape index (κ3) is 2.50. The van der Waals surface area contributed by atoms with Crippen molar-refractivity contribution in [3.63, 3.8) is 0 Å². The molecule has 0 atom stereocenters. The number of carbonyl (C=O) groups excluding carboxylic acids is 2. The van der Waals surface area contributed by atoms with E-state index in [0.717, 1.165) is 41.8 Å². The third-order valence-electron chi connectivity index (χ3n) is 4.64. The molecule has 0 fully saturated rings. The molecule has 4 rings (SSSR count). The largest absolute Gasteiger partial charge is 0.326 e. The molecule has 2 aliphatic rings. The monoisotopic (exact) mass is 306 g/mol. The number of para-hydroxylation sites is 1. The maximum absolute atomic E-state index is 12.6. The number of urea groups is 1. The van der Waals surface area contributed by atoms with Gasteiger partial charge in [0.1, 0.15) is 0 Å². The zero-order chi connectivity index (χ0) is 15.8. The Morgan fingerprint density at radius 3 is 2.78 bits per heavy atom. The van der Waals surface area contributed by atoms with Crippen molar-refractivity contribution in [1.82, 2.24) is 0 Å². The molecule has 2 amide bonds. The van der Waals surface area contributed by atoms with E-state index < -0.39 is 0 Å². The van der Waals surface area contributed by atoms with E-state index in [0.29, 0.717) is 13.0 Å². The highest BCUT2D eigenvalue weighted by atomic mass is 16.2. The minimum Gasteiger partial charge on any atom is -0.308 e. The van der Waals surface area contributed by atoms with Crippen LogP contribution < -0.4 is 10.2 Å². The first-order valence-electron chi connectivity index (χ1n) is 8.05. The fourth-order valence-corrected chi connectivity index (χ4v) is 3.46. The van der Waals surface area contributed by atoms with Gasteiger partial charge in [-0.3, -0.25) is 9.69 Å². The van der Waals surface area contributed by atoms with Crippen LogP contribution in [-0.4, -0.2) is 18.4 Å². The average Bonchev–Trinajstić information content (AvgIpc) is 2.99. The first kappa shape index (κ1) is 14.0. The summed E-state index contributed by atoms with van der Waals surface area (Å²) < 4.78 is 0. The van der Waals surface area contributed by atoms with Gasteiger partial charge in [-0.15, -0.1) is 0 Å². The number of nitrogens with zero attached hydrogens (tertiary/aromatic N) is 1. The lowest BCUT2D eigenvalue weighted by molar-refractivity contribution is 0.0972. The molecule has 0 bridgehead atoms. The molecule has 0 saturated heterocycles. The molecule has 0 aromatic heterocycles. The van der Waals surface area contributed by atoms with Gasteiger partial charge in [0.25, 0.3) is 0 Å². The summed E-state index contributed by atoms with van der Waals surface area (Å²) in [7, 11) is 0. The number of ketones is 1. The van der Waals surface area contributed by atoms with Crippen molar-refractivity contribution in [2.75, 3.05) is 16.8 Å². The topological polar surface area (TPSA) is 49.4 Å². The standard InChI is InChI=1S/C19H18N2O2/c22-18-7-3-5-14-12-15(8-9-16(14)18)20-19(23)21-11-10-13-4-1-2-6-17(13)21/h1-2,4,6,8-9,12H,3,5,7,10-11H2,(H,20,23). The van der Waals surface area contributed by atoms with E-state index in [1.807, 2.05) is 36.4 Å². The van der Waals surface area contributed by atoms with E-state index in [1.165, 1.54) is 5.56 Å². The summed E-state index contributed by atoms with van der Waals surface area (Å²) in [4.78, 5) is 26.2. The minimum absolute atomic E-state index is 0.114. The molecule has 0 saturated carbocycles. The fraction of sp³-hybridized carbons (Fsp3) is 0.263. The number of amides is 2. The zero-order valence-electron chi connectivity index (χ0n) is 12.8. The van der Waals surface area contributed by atoms with E-state index in [1.54, 1.807) is 4.90 Å². The summed E-state index contributed by atoms with van der Waals surface area (Å²) in [5, 5.41) is 2.97. The summed E-state index contributed by atoms with van der Waals surface area (Å²) in [6, 6.07) is 13.5. The second kappa shape index (κ2) is 5.54. The van der Waals surface area contributed by atoms with Crippen LogP contribution >= 0.6 is 0 Å². The van der Waals surface area contributed by atoms with E-state index in [9.17, 15) is 9.59 Å². The van der Waals surface area contributed by atoms with Crippen molar-refractivity contribution < 1.29 is 9.59 Å². The summed E-state index contributed by atoms with van der Waals surface area (Å²) in [6.07, 6.45) is 3.31. The molecular weight excluding hydrogens is 288 g/mol. The molecule has 116 valence electrons. The zero-order valence-corrected chi connectivity index (χ0v) is 12.8. The molecule has 4 heteroatoms. The second-order valence-electron chi connectivity index (χ2n) is 6.11. The first-order chi connectivity index (χ1) is 11.2.